The van der Waals surface area contributed by atoms with Crippen LogP contribution >= 0.6 is 11.6 Å². The zero-order valence-corrected chi connectivity index (χ0v) is 10.0. The summed E-state index contributed by atoms with van der Waals surface area (Å²) in [6.45, 7) is 1.66. The second kappa shape index (κ2) is 3.92. The average molecular weight is 257 g/mol. The molecule has 16 heavy (non-hydrogen) atoms. The molecule has 2 aromatic rings. The van der Waals surface area contributed by atoms with Gasteiger partial charge >= 0.3 is 0 Å². The van der Waals surface area contributed by atoms with Gasteiger partial charge in [-0.3, -0.25) is 5.10 Å². The summed E-state index contributed by atoms with van der Waals surface area (Å²) < 4.78 is 24.2. The monoisotopic (exact) mass is 256 g/mol. The number of H-pyrrole nitrogens is 1. The van der Waals surface area contributed by atoms with Gasteiger partial charge in [-0.2, -0.15) is 5.10 Å². The Balaban J connectivity index is 2.56. The highest BCUT2D eigenvalue weighted by atomic mass is 35.5. The number of aryl methyl sites for hydroxylation is 1. The molecule has 0 bridgehead atoms. The molecule has 0 unspecified atom stereocenters. The van der Waals surface area contributed by atoms with E-state index in [1.807, 2.05) is 0 Å². The molecule has 4 nitrogen and oxygen atoms in total. The predicted octanol–water partition coefficient (Wildman–Crippen LogP) is 2.20. The number of nitrogens with zero attached hydrogens (tertiary/aromatic N) is 1. The highest BCUT2D eigenvalue weighted by Gasteiger charge is 2.20. The van der Waals surface area contributed by atoms with Crippen molar-refractivity contribution in [2.45, 2.75) is 16.7 Å². The number of aromatic amines is 1. The smallest absolute Gasteiger partial charge is 0.209 e. The molecule has 0 aliphatic rings. The van der Waals surface area contributed by atoms with Crippen LogP contribution in [0, 0.1) is 6.92 Å². The van der Waals surface area contributed by atoms with E-state index in [4.69, 9.17) is 11.6 Å². The van der Waals surface area contributed by atoms with Crippen molar-refractivity contribution in [3.8, 4) is 0 Å². The standard InChI is InChI=1S/C10H9ClN2O2S/c1-7-10(6-12-13-7)16(14,15)9-4-2-8(11)3-5-9/h2-6H,1H3,(H,12,13). The highest BCUT2D eigenvalue weighted by Crippen LogP contribution is 2.23. The summed E-state index contributed by atoms with van der Waals surface area (Å²) in [7, 11) is -3.50. The maximum Gasteiger partial charge on any atom is 0.209 e. The lowest BCUT2D eigenvalue weighted by Crippen LogP contribution is -2.02. The predicted molar refractivity (Wildman–Crippen MR) is 60.2 cm³/mol. The van der Waals surface area contributed by atoms with Gasteiger partial charge in [0.1, 0.15) is 4.90 Å². The lowest BCUT2D eigenvalue weighted by Gasteiger charge is -2.02. The third-order valence-electron chi connectivity index (χ3n) is 2.20. The Morgan fingerprint density at radius 2 is 1.88 bits per heavy atom. The van der Waals surface area contributed by atoms with Crippen molar-refractivity contribution < 1.29 is 8.42 Å². The molecule has 84 valence electrons. The van der Waals surface area contributed by atoms with E-state index in [1.165, 1.54) is 18.3 Å². The first-order chi connectivity index (χ1) is 7.51. The summed E-state index contributed by atoms with van der Waals surface area (Å²) in [6, 6.07) is 6.04. The molecule has 1 N–H and O–H groups in total. The van der Waals surface area contributed by atoms with Crippen LogP contribution < -0.4 is 0 Å². The Kier molecular flexibility index (Phi) is 2.73. The van der Waals surface area contributed by atoms with Crippen LogP contribution in [0.1, 0.15) is 5.69 Å². The largest absolute Gasteiger partial charge is 0.281 e. The van der Waals surface area contributed by atoms with Crippen molar-refractivity contribution in [3.05, 3.63) is 41.2 Å². The normalized spacial score (nSPS) is 11.6. The fourth-order valence-corrected chi connectivity index (χ4v) is 2.87. The fraction of sp³-hybridized carbons (Fsp3) is 0.100. The molecule has 0 atom stereocenters. The zero-order chi connectivity index (χ0) is 11.8. The lowest BCUT2D eigenvalue weighted by molar-refractivity contribution is 0.595. The first kappa shape index (κ1) is 11.2. The van der Waals surface area contributed by atoms with Gasteiger partial charge in [-0.15, -0.1) is 0 Å². The third kappa shape index (κ3) is 1.83. The van der Waals surface area contributed by atoms with Crippen molar-refractivity contribution >= 4 is 21.4 Å². The Labute approximate surface area is 98.2 Å². The average Bonchev–Trinajstić information content (AvgIpc) is 2.66. The number of sulfone groups is 1. The van der Waals surface area contributed by atoms with Crippen molar-refractivity contribution in [3.63, 3.8) is 0 Å². The van der Waals surface area contributed by atoms with E-state index in [0.29, 0.717) is 10.7 Å². The SMILES string of the molecule is Cc1[nH]ncc1S(=O)(=O)c1ccc(Cl)cc1. The molecule has 0 spiro atoms. The molecule has 0 radical (unpaired) electrons. The topological polar surface area (TPSA) is 62.8 Å². The maximum absolute atomic E-state index is 12.1. The van der Waals surface area contributed by atoms with Gasteiger partial charge in [0.25, 0.3) is 0 Å². The van der Waals surface area contributed by atoms with E-state index in [0.717, 1.165) is 0 Å². The van der Waals surface area contributed by atoms with E-state index >= 15 is 0 Å². The highest BCUT2D eigenvalue weighted by molar-refractivity contribution is 7.91. The molecule has 0 fully saturated rings. The van der Waals surface area contributed by atoms with Gasteiger partial charge in [0.2, 0.25) is 9.84 Å². The molecule has 1 aromatic carbocycles. The summed E-state index contributed by atoms with van der Waals surface area (Å²) >= 11 is 5.70. The number of rotatable bonds is 2. The van der Waals surface area contributed by atoms with E-state index in [-0.39, 0.29) is 9.79 Å². The molecule has 0 saturated carbocycles. The molecule has 2 rings (SSSR count). The molecule has 0 amide bonds. The van der Waals surface area contributed by atoms with E-state index < -0.39 is 9.84 Å². The molecule has 6 heteroatoms. The fourth-order valence-electron chi connectivity index (χ4n) is 1.35. The second-order valence-electron chi connectivity index (χ2n) is 3.32. The summed E-state index contributed by atoms with van der Waals surface area (Å²) in [5.74, 6) is 0. The summed E-state index contributed by atoms with van der Waals surface area (Å²) in [5.41, 5.74) is 0.523. The Morgan fingerprint density at radius 3 is 2.38 bits per heavy atom. The first-order valence-corrected chi connectivity index (χ1v) is 6.38. The van der Waals surface area contributed by atoms with Crippen LogP contribution in [-0.2, 0) is 9.84 Å². The molecular weight excluding hydrogens is 248 g/mol. The van der Waals surface area contributed by atoms with E-state index in [9.17, 15) is 8.42 Å². The number of hydrogen-bond acceptors (Lipinski definition) is 3. The van der Waals surface area contributed by atoms with Crippen LogP contribution in [0.4, 0.5) is 0 Å². The quantitative estimate of drug-likeness (QED) is 0.896. The Morgan fingerprint density at radius 1 is 1.25 bits per heavy atom. The van der Waals surface area contributed by atoms with Crippen LogP contribution in [-0.4, -0.2) is 18.6 Å². The van der Waals surface area contributed by atoms with Gasteiger partial charge in [-0.25, -0.2) is 8.42 Å². The number of nitrogens with one attached hydrogen (secondary N) is 1. The summed E-state index contributed by atoms with van der Waals surface area (Å²) in [4.78, 5) is 0.399. The minimum Gasteiger partial charge on any atom is -0.281 e. The van der Waals surface area contributed by atoms with Crippen LogP contribution in [0.3, 0.4) is 0 Å². The minimum absolute atomic E-state index is 0.190. The third-order valence-corrected chi connectivity index (χ3v) is 4.33. The van der Waals surface area contributed by atoms with Gasteiger partial charge in [0.15, 0.2) is 0 Å². The summed E-state index contributed by atoms with van der Waals surface area (Å²) in [5, 5.41) is 6.80. The minimum atomic E-state index is -3.50. The first-order valence-electron chi connectivity index (χ1n) is 4.52. The lowest BCUT2D eigenvalue weighted by atomic mass is 10.4. The summed E-state index contributed by atoms with van der Waals surface area (Å²) in [6.07, 6.45) is 1.30. The number of benzene rings is 1. The van der Waals surface area contributed by atoms with E-state index in [1.54, 1.807) is 19.1 Å². The Bertz CT molecular complexity index is 602. The van der Waals surface area contributed by atoms with Crippen LogP contribution in [0.25, 0.3) is 0 Å². The van der Waals surface area contributed by atoms with Crippen molar-refractivity contribution in [1.29, 1.82) is 0 Å². The van der Waals surface area contributed by atoms with Crippen molar-refractivity contribution in [2.24, 2.45) is 0 Å². The van der Waals surface area contributed by atoms with Gasteiger partial charge < -0.3 is 0 Å². The number of aromatic nitrogens is 2. The number of hydrogen-bond donors (Lipinski definition) is 1. The van der Waals surface area contributed by atoms with Gasteiger partial charge in [0, 0.05) is 5.02 Å². The van der Waals surface area contributed by atoms with Gasteiger partial charge in [0.05, 0.1) is 16.8 Å². The molecule has 0 saturated heterocycles. The van der Waals surface area contributed by atoms with E-state index in [2.05, 4.69) is 10.2 Å². The van der Waals surface area contributed by atoms with Crippen LogP contribution in [0.2, 0.25) is 5.02 Å². The van der Waals surface area contributed by atoms with Crippen LogP contribution in [0.5, 0.6) is 0 Å². The van der Waals surface area contributed by atoms with Crippen LogP contribution in [0.15, 0.2) is 40.3 Å². The maximum atomic E-state index is 12.1. The molecular formula is C10H9ClN2O2S. The van der Waals surface area contributed by atoms with Crippen molar-refractivity contribution in [2.75, 3.05) is 0 Å². The zero-order valence-electron chi connectivity index (χ0n) is 8.44. The molecule has 1 aromatic heterocycles. The molecule has 0 aliphatic heterocycles. The molecule has 0 aliphatic carbocycles. The Hall–Kier alpha value is -1.33. The second-order valence-corrected chi connectivity index (χ2v) is 5.67. The number of halogens is 1. The van der Waals surface area contributed by atoms with Crippen molar-refractivity contribution in [1.82, 2.24) is 10.2 Å². The van der Waals surface area contributed by atoms with Gasteiger partial charge in [-0.05, 0) is 31.2 Å². The molecule has 1 heterocycles. The van der Waals surface area contributed by atoms with Gasteiger partial charge in [-0.1, -0.05) is 11.6 Å².